The lowest BCUT2D eigenvalue weighted by Crippen LogP contribution is -2.61. The summed E-state index contributed by atoms with van der Waals surface area (Å²) in [4.78, 5) is 39.9. The van der Waals surface area contributed by atoms with E-state index in [9.17, 15) is 19.9 Å². The quantitative estimate of drug-likeness (QED) is 0.0793. The van der Waals surface area contributed by atoms with Gasteiger partial charge in [-0.1, -0.05) is 64.9 Å². The van der Waals surface area contributed by atoms with Gasteiger partial charge in [-0.3, -0.25) is 9.59 Å². The van der Waals surface area contributed by atoms with Crippen molar-refractivity contribution in [3.63, 3.8) is 0 Å². The first-order chi connectivity index (χ1) is 17.8. The molecule has 0 amide bonds. The van der Waals surface area contributed by atoms with Gasteiger partial charge in [0, 0.05) is 18.8 Å². The first-order valence-corrected chi connectivity index (χ1v) is 16.6. The highest BCUT2D eigenvalue weighted by Gasteiger charge is 2.55. The van der Waals surface area contributed by atoms with E-state index in [0.29, 0.717) is 22.2 Å². The summed E-state index contributed by atoms with van der Waals surface area (Å²) >= 11 is 1.65. The lowest BCUT2D eigenvalue weighted by atomic mass is 9.97. The van der Waals surface area contributed by atoms with Crippen LogP contribution < -0.4 is 0 Å². The smallest absolute Gasteiger partial charge is 0.338 e. The lowest BCUT2D eigenvalue weighted by molar-refractivity contribution is -0.192. The second-order valence-electron chi connectivity index (χ2n) is 10.3. The normalized spacial score (nSPS) is 23.6. The molecule has 1 heterocycles. The van der Waals surface area contributed by atoms with Gasteiger partial charge in [-0.2, -0.15) is 11.2 Å². The standard InChI is InChI=1S/C26H39N3O7SSi/c1-15(2)38(16(3)4,17(5)6)37-26-24(36-25(32)20-12-10-9-11-13-20)22(28-29-27)23(34-19(8)31)21(35-26)14-33-18(7)30/h9-13,15-17,21-24,26H,14H2,1-8H3/t21-,22+,23+,24-,26+/m1/s1. The fourth-order valence-corrected chi connectivity index (χ4v) is 15.3. The van der Waals surface area contributed by atoms with Gasteiger partial charge in [0.2, 0.25) is 0 Å². The maximum Gasteiger partial charge on any atom is 0.338 e. The molecule has 1 fully saturated rings. The first-order valence-electron chi connectivity index (χ1n) is 12.8. The molecule has 0 unspecified atom stereocenters. The minimum atomic E-state index is -2.22. The van der Waals surface area contributed by atoms with Crippen molar-refractivity contribution in [2.75, 3.05) is 6.61 Å². The van der Waals surface area contributed by atoms with Gasteiger partial charge in [0.25, 0.3) is 0 Å². The van der Waals surface area contributed by atoms with Gasteiger partial charge in [-0.15, -0.1) is 0 Å². The molecule has 1 aromatic carbocycles. The molecule has 12 heteroatoms. The van der Waals surface area contributed by atoms with Crippen molar-refractivity contribution >= 4 is 36.3 Å². The molecule has 0 aliphatic carbocycles. The molecule has 1 aliphatic rings. The first kappa shape index (κ1) is 31.7. The molecule has 0 saturated carbocycles. The molecule has 1 aromatic rings. The SMILES string of the molecule is CC(=O)OC[C@H]1O[C@@H](S[Si](C(C)C)(C(C)C)C(C)C)[C@H](OC(=O)c2ccccc2)[C@@H](N=[N+]=[N-])[C@H]1OC(C)=O. The molecule has 0 spiro atoms. The molecule has 1 saturated heterocycles. The third-order valence-electron chi connectivity index (χ3n) is 6.83. The summed E-state index contributed by atoms with van der Waals surface area (Å²) in [6.45, 7) is 15.4. The predicted octanol–water partition coefficient (Wildman–Crippen LogP) is 6.02. The molecule has 5 atom stereocenters. The number of carbonyl (C=O) groups excluding carboxylic acids is 3. The van der Waals surface area contributed by atoms with Crippen LogP contribution in [0.4, 0.5) is 0 Å². The fraction of sp³-hybridized carbons (Fsp3) is 0.654. The summed E-state index contributed by atoms with van der Waals surface area (Å²) in [7, 11) is -2.22. The minimum Gasteiger partial charge on any atom is -0.463 e. The molecular weight excluding hydrogens is 526 g/mol. The third kappa shape index (κ3) is 7.53. The van der Waals surface area contributed by atoms with Crippen LogP contribution in [0.5, 0.6) is 0 Å². The molecule has 210 valence electrons. The van der Waals surface area contributed by atoms with Crippen molar-refractivity contribution in [3.8, 4) is 0 Å². The highest BCUT2D eigenvalue weighted by molar-refractivity contribution is 8.29. The van der Waals surface area contributed by atoms with Crippen LogP contribution in [0.25, 0.3) is 10.4 Å². The summed E-state index contributed by atoms with van der Waals surface area (Å²) in [5, 5.41) is 3.95. The Morgan fingerprint density at radius 1 is 0.974 bits per heavy atom. The Labute approximate surface area is 229 Å². The number of esters is 3. The van der Waals surface area contributed by atoms with Crippen LogP contribution in [0, 0.1) is 0 Å². The summed E-state index contributed by atoms with van der Waals surface area (Å²) in [5.74, 6) is -1.79. The van der Waals surface area contributed by atoms with E-state index in [0.717, 1.165) is 0 Å². The molecule has 0 bridgehead atoms. The highest BCUT2D eigenvalue weighted by Crippen LogP contribution is 2.53. The van der Waals surface area contributed by atoms with E-state index in [4.69, 9.17) is 18.9 Å². The Balaban J connectivity index is 2.64. The van der Waals surface area contributed by atoms with E-state index in [1.165, 1.54) is 13.8 Å². The molecular formula is C26H39N3O7SSi. The zero-order valence-electron chi connectivity index (χ0n) is 23.3. The Hall–Kier alpha value is -2.53. The molecule has 0 aromatic heterocycles. The average molecular weight is 566 g/mol. The Morgan fingerprint density at radius 2 is 1.55 bits per heavy atom. The van der Waals surface area contributed by atoms with Gasteiger partial charge >= 0.3 is 17.9 Å². The van der Waals surface area contributed by atoms with E-state index in [-0.39, 0.29) is 6.61 Å². The van der Waals surface area contributed by atoms with Crippen LogP contribution in [0.3, 0.4) is 0 Å². The van der Waals surface area contributed by atoms with E-state index in [1.54, 1.807) is 41.5 Å². The maximum absolute atomic E-state index is 13.2. The van der Waals surface area contributed by atoms with Crippen LogP contribution >= 0.6 is 11.2 Å². The summed E-state index contributed by atoms with van der Waals surface area (Å²) in [5.41, 5.74) is 10.0. The Bertz CT molecular complexity index is 996. The number of ether oxygens (including phenoxy) is 4. The van der Waals surface area contributed by atoms with Crippen molar-refractivity contribution in [2.24, 2.45) is 5.11 Å². The summed E-state index contributed by atoms with van der Waals surface area (Å²) in [6.07, 6.45) is -3.13. The summed E-state index contributed by atoms with van der Waals surface area (Å²) in [6, 6.07) is 7.36. The monoisotopic (exact) mass is 565 g/mol. The molecule has 0 N–H and O–H groups in total. The lowest BCUT2D eigenvalue weighted by Gasteiger charge is -2.49. The molecule has 10 nitrogen and oxygen atoms in total. The maximum atomic E-state index is 13.2. The number of hydrogen-bond donors (Lipinski definition) is 0. The Morgan fingerprint density at radius 3 is 2.03 bits per heavy atom. The summed E-state index contributed by atoms with van der Waals surface area (Å²) < 4.78 is 23.2. The van der Waals surface area contributed by atoms with Gasteiger partial charge in [-0.25, -0.2) is 4.79 Å². The average Bonchev–Trinajstić information content (AvgIpc) is 2.83. The van der Waals surface area contributed by atoms with Gasteiger partial charge in [0.15, 0.2) is 0 Å². The van der Waals surface area contributed by atoms with Gasteiger partial charge < -0.3 is 18.9 Å². The Kier molecular flexibility index (Phi) is 11.7. The van der Waals surface area contributed by atoms with Crippen molar-refractivity contribution in [3.05, 3.63) is 46.3 Å². The zero-order chi connectivity index (χ0) is 28.6. The van der Waals surface area contributed by atoms with E-state index in [1.807, 2.05) is 0 Å². The van der Waals surface area contributed by atoms with Crippen LogP contribution in [-0.2, 0) is 28.5 Å². The number of benzene rings is 1. The largest absolute Gasteiger partial charge is 0.463 e. The highest BCUT2D eigenvalue weighted by atomic mass is 32.4. The third-order valence-corrected chi connectivity index (χ3v) is 19.4. The van der Waals surface area contributed by atoms with E-state index < -0.39 is 54.9 Å². The fourth-order valence-electron chi connectivity index (χ4n) is 5.35. The van der Waals surface area contributed by atoms with Gasteiger partial charge in [-0.05, 0) is 34.3 Å². The molecule has 2 rings (SSSR count). The molecule has 0 radical (unpaired) electrons. The van der Waals surface area contributed by atoms with E-state index in [2.05, 4.69) is 51.6 Å². The number of azide groups is 1. The second-order valence-corrected chi connectivity index (χ2v) is 19.0. The predicted molar refractivity (Wildman–Crippen MR) is 148 cm³/mol. The topological polar surface area (TPSA) is 137 Å². The van der Waals surface area contributed by atoms with Crippen LogP contribution in [0.2, 0.25) is 16.6 Å². The van der Waals surface area contributed by atoms with Crippen molar-refractivity contribution in [1.82, 2.24) is 0 Å². The van der Waals surface area contributed by atoms with Crippen LogP contribution in [-0.4, -0.2) is 61.5 Å². The van der Waals surface area contributed by atoms with Gasteiger partial charge in [0.05, 0.1) is 5.56 Å². The van der Waals surface area contributed by atoms with E-state index >= 15 is 0 Å². The molecule has 1 aliphatic heterocycles. The van der Waals surface area contributed by atoms with Crippen molar-refractivity contribution < 1.29 is 33.3 Å². The van der Waals surface area contributed by atoms with Crippen molar-refractivity contribution in [2.45, 2.75) is 102 Å². The second kappa shape index (κ2) is 14.0. The van der Waals surface area contributed by atoms with Crippen LogP contribution in [0.1, 0.15) is 65.7 Å². The number of nitrogens with zero attached hydrogens (tertiary/aromatic N) is 3. The zero-order valence-corrected chi connectivity index (χ0v) is 25.1. The minimum absolute atomic E-state index is 0.221. The van der Waals surface area contributed by atoms with Crippen LogP contribution in [0.15, 0.2) is 35.4 Å². The number of rotatable bonds is 11. The number of hydrogen-bond acceptors (Lipinski definition) is 9. The van der Waals surface area contributed by atoms with Crippen molar-refractivity contribution in [1.29, 1.82) is 0 Å². The number of carbonyl (C=O) groups is 3. The van der Waals surface area contributed by atoms with Gasteiger partial charge in [0.1, 0.15) is 43.6 Å². The molecule has 38 heavy (non-hydrogen) atoms.